The van der Waals surface area contributed by atoms with E-state index in [4.69, 9.17) is 4.74 Å². The van der Waals surface area contributed by atoms with Crippen molar-refractivity contribution in [2.75, 3.05) is 20.2 Å². The van der Waals surface area contributed by atoms with Gasteiger partial charge in [0, 0.05) is 19.0 Å². The van der Waals surface area contributed by atoms with Crippen LogP contribution in [-0.4, -0.2) is 26.2 Å². The van der Waals surface area contributed by atoms with E-state index < -0.39 is 0 Å². The molecule has 1 fully saturated rings. The molecule has 3 heteroatoms. The van der Waals surface area contributed by atoms with Crippen LogP contribution in [0.5, 0.6) is 0 Å². The summed E-state index contributed by atoms with van der Waals surface area (Å²) < 4.78 is 4.88. The zero-order valence-corrected chi connectivity index (χ0v) is 10.6. The molecule has 2 unspecified atom stereocenters. The summed E-state index contributed by atoms with van der Waals surface area (Å²) in [6.07, 6.45) is 0. The molecule has 1 saturated heterocycles. The molecule has 1 aliphatic rings. The lowest BCUT2D eigenvalue weighted by molar-refractivity contribution is -0.145. The Morgan fingerprint density at radius 3 is 2.82 bits per heavy atom. The normalized spacial score (nSPS) is 23.7. The molecule has 0 aromatic heterocycles. The minimum atomic E-state index is -0.110. The van der Waals surface area contributed by atoms with Crippen LogP contribution in [0.1, 0.15) is 22.6 Å². The average Bonchev–Trinajstić information content (AvgIpc) is 2.80. The number of esters is 1. The fraction of sp³-hybridized carbons (Fsp3) is 0.500. The molecule has 92 valence electrons. The highest BCUT2D eigenvalue weighted by molar-refractivity contribution is 5.74. The number of carbonyl (C=O) groups excluding carboxylic acids is 1. The predicted octanol–water partition coefficient (Wildman–Crippen LogP) is 1.78. The van der Waals surface area contributed by atoms with Gasteiger partial charge in [0.25, 0.3) is 0 Å². The van der Waals surface area contributed by atoms with E-state index in [9.17, 15) is 4.79 Å². The Balaban J connectivity index is 2.32. The van der Waals surface area contributed by atoms with Crippen LogP contribution in [0.4, 0.5) is 0 Å². The molecular formula is C14H19NO2. The van der Waals surface area contributed by atoms with Gasteiger partial charge in [0.2, 0.25) is 0 Å². The fourth-order valence-electron chi connectivity index (χ4n) is 2.56. The number of benzene rings is 1. The summed E-state index contributed by atoms with van der Waals surface area (Å²) in [7, 11) is 1.46. The van der Waals surface area contributed by atoms with Crippen molar-refractivity contribution in [1.82, 2.24) is 5.32 Å². The number of ether oxygens (including phenoxy) is 1. The molecule has 1 heterocycles. The van der Waals surface area contributed by atoms with Gasteiger partial charge >= 0.3 is 5.97 Å². The van der Waals surface area contributed by atoms with E-state index in [1.807, 2.05) is 0 Å². The first-order valence-corrected chi connectivity index (χ1v) is 5.99. The van der Waals surface area contributed by atoms with Gasteiger partial charge in [-0.1, -0.05) is 23.8 Å². The third kappa shape index (κ3) is 2.34. The smallest absolute Gasteiger partial charge is 0.310 e. The van der Waals surface area contributed by atoms with Gasteiger partial charge in [0.05, 0.1) is 13.0 Å². The van der Waals surface area contributed by atoms with Crippen molar-refractivity contribution in [3.8, 4) is 0 Å². The van der Waals surface area contributed by atoms with Crippen LogP contribution >= 0.6 is 0 Å². The average molecular weight is 233 g/mol. The Kier molecular flexibility index (Phi) is 3.48. The fourth-order valence-corrected chi connectivity index (χ4v) is 2.56. The van der Waals surface area contributed by atoms with Crippen LogP contribution in [0.15, 0.2) is 18.2 Å². The number of hydrogen-bond donors (Lipinski definition) is 1. The van der Waals surface area contributed by atoms with Crippen LogP contribution in [0.2, 0.25) is 0 Å². The van der Waals surface area contributed by atoms with Crippen molar-refractivity contribution in [3.05, 3.63) is 34.9 Å². The summed E-state index contributed by atoms with van der Waals surface area (Å²) in [4.78, 5) is 11.7. The molecule has 1 N–H and O–H groups in total. The summed E-state index contributed by atoms with van der Waals surface area (Å²) in [5, 5.41) is 3.28. The van der Waals surface area contributed by atoms with Crippen molar-refractivity contribution >= 4 is 5.97 Å². The van der Waals surface area contributed by atoms with E-state index in [1.54, 1.807) is 0 Å². The maximum absolute atomic E-state index is 11.7. The molecule has 0 spiro atoms. The number of carbonyl (C=O) groups is 1. The second kappa shape index (κ2) is 4.88. The summed E-state index contributed by atoms with van der Waals surface area (Å²) in [6.45, 7) is 5.74. The number of nitrogens with one attached hydrogen (secondary N) is 1. The quantitative estimate of drug-likeness (QED) is 0.791. The minimum absolute atomic E-state index is 0.0551. The number of hydrogen-bond acceptors (Lipinski definition) is 3. The zero-order chi connectivity index (χ0) is 12.4. The molecular weight excluding hydrogens is 214 g/mol. The second-order valence-electron chi connectivity index (χ2n) is 4.75. The first kappa shape index (κ1) is 12.1. The second-order valence-corrected chi connectivity index (χ2v) is 4.75. The molecule has 17 heavy (non-hydrogen) atoms. The number of methoxy groups -OCH3 is 1. The molecule has 1 aromatic rings. The van der Waals surface area contributed by atoms with Crippen molar-refractivity contribution in [2.45, 2.75) is 19.8 Å². The van der Waals surface area contributed by atoms with Gasteiger partial charge in [-0.15, -0.1) is 0 Å². The highest BCUT2D eigenvalue weighted by Gasteiger charge is 2.35. The van der Waals surface area contributed by atoms with Crippen LogP contribution in [0.3, 0.4) is 0 Å². The highest BCUT2D eigenvalue weighted by Crippen LogP contribution is 2.31. The highest BCUT2D eigenvalue weighted by atomic mass is 16.5. The number of aryl methyl sites for hydroxylation is 2. The van der Waals surface area contributed by atoms with E-state index in [0.717, 1.165) is 6.54 Å². The summed E-state index contributed by atoms with van der Waals surface area (Å²) in [6, 6.07) is 6.41. The molecule has 2 atom stereocenters. The van der Waals surface area contributed by atoms with Gasteiger partial charge in [0.15, 0.2) is 0 Å². The first-order valence-electron chi connectivity index (χ1n) is 5.99. The van der Waals surface area contributed by atoms with Crippen molar-refractivity contribution < 1.29 is 9.53 Å². The van der Waals surface area contributed by atoms with Crippen molar-refractivity contribution in [3.63, 3.8) is 0 Å². The Morgan fingerprint density at radius 1 is 1.35 bits per heavy atom. The van der Waals surface area contributed by atoms with Crippen LogP contribution in [0.25, 0.3) is 0 Å². The lowest BCUT2D eigenvalue weighted by atomic mass is 9.85. The maximum atomic E-state index is 11.7. The molecule has 0 saturated carbocycles. The minimum Gasteiger partial charge on any atom is -0.469 e. The Hall–Kier alpha value is -1.35. The molecule has 3 nitrogen and oxygen atoms in total. The van der Waals surface area contributed by atoms with Crippen LogP contribution in [0, 0.1) is 19.8 Å². The molecule has 1 aromatic carbocycles. The SMILES string of the molecule is COC(=O)C1CNCC1c1cc(C)ccc1C. The third-order valence-electron chi connectivity index (χ3n) is 3.55. The molecule has 0 bridgehead atoms. The predicted molar refractivity (Wildman–Crippen MR) is 67.0 cm³/mol. The largest absolute Gasteiger partial charge is 0.469 e. The molecule has 0 amide bonds. The molecule has 1 aliphatic heterocycles. The van der Waals surface area contributed by atoms with Gasteiger partial charge in [-0.25, -0.2) is 0 Å². The lowest BCUT2D eigenvalue weighted by Gasteiger charge is -2.19. The van der Waals surface area contributed by atoms with Gasteiger partial charge in [-0.2, -0.15) is 0 Å². The van der Waals surface area contributed by atoms with E-state index >= 15 is 0 Å². The Labute approximate surface area is 102 Å². The summed E-state index contributed by atoms with van der Waals surface area (Å²) in [5.74, 6) is 0.0729. The first-order chi connectivity index (χ1) is 8.13. The lowest BCUT2D eigenvalue weighted by Crippen LogP contribution is -2.23. The number of rotatable bonds is 2. The topological polar surface area (TPSA) is 38.3 Å². The molecule has 0 radical (unpaired) electrons. The molecule has 0 aliphatic carbocycles. The van der Waals surface area contributed by atoms with Crippen molar-refractivity contribution in [1.29, 1.82) is 0 Å². The van der Waals surface area contributed by atoms with Crippen molar-refractivity contribution in [2.24, 2.45) is 5.92 Å². The zero-order valence-electron chi connectivity index (χ0n) is 10.6. The standard InChI is InChI=1S/C14H19NO2/c1-9-4-5-10(2)11(6-9)12-7-15-8-13(12)14(16)17-3/h4-6,12-13,15H,7-8H2,1-3H3. The Bertz CT molecular complexity index is 428. The van der Waals surface area contributed by atoms with Gasteiger partial charge < -0.3 is 10.1 Å². The summed E-state index contributed by atoms with van der Waals surface area (Å²) >= 11 is 0. The van der Waals surface area contributed by atoms with Gasteiger partial charge in [-0.05, 0) is 25.0 Å². The summed E-state index contributed by atoms with van der Waals surface area (Å²) in [5.41, 5.74) is 3.75. The van der Waals surface area contributed by atoms with Gasteiger partial charge in [-0.3, -0.25) is 4.79 Å². The van der Waals surface area contributed by atoms with E-state index in [-0.39, 0.29) is 17.8 Å². The van der Waals surface area contributed by atoms with E-state index in [2.05, 4.69) is 37.4 Å². The van der Waals surface area contributed by atoms with Gasteiger partial charge in [0.1, 0.15) is 0 Å². The van der Waals surface area contributed by atoms with Crippen LogP contribution < -0.4 is 5.32 Å². The third-order valence-corrected chi connectivity index (χ3v) is 3.55. The molecule has 2 rings (SSSR count). The maximum Gasteiger partial charge on any atom is 0.310 e. The van der Waals surface area contributed by atoms with E-state index in [1.165, 1.54) is 23.8 Å². The van der Waals surface area contributed by atoms with Crippen LogP contribution in [-0.2, 0) is 9.53 Å². The monoisotopic (exact) mass is 233 g/mol. The Morgan fingerprint density at radius 2 is 2.12 bits per heavy atom. The van der Waals surface area contributed by atoms with E-state index in [0.29, 0.717) is 6.54 Å².